The molecule has 0 bridgehead atoms. The molecular weight excluding hydrogens is 321 g/mol. The highest BCUT2D eigenvalue weighted by atomic mass is 35.5. The minimum atomic E-state index is -1.04. The lowest BCUT2D eigenvalue weighted by molar-refractivity contribution is 0.0699. The van der Waals surface area contributed by atoms with Gasteiger partial charge in [0.05, 0.1) is 21.8 Å². The van der Waals surface area contributed by atoms with E-state index in [1.54, 1.807) is 18.2 Å². The summed E-state index contributed by atoms with van der Waals surface area (Å²) in [5.41, 5.74) is 3.08. The molecular formula is C17H11Cl2NO2. The van der Waals surface area contributed by atoms with Gasteiger partial charge in [0.25, 0.3) is 0 Å². The van der Waals surface area contributed by atoms with Gasteiger partial charge in [-0.1, -0.05) is 53.0 Å². The molecule has 22 heavy (non-hydrogen) atoms. The summed E-state index contributed by atoms with van der Waals surface area (Å²) in [6.07, 6.45) is 0. The van der Waals surface area contributed by atoms with Crippen molar-refractivity contribution in [3.05, 3.63) is 63.6 Å². The number of aryl methyl sites for hydroxylation is 1. The molecule has 0 aliphatic heterocycles. The normalized spacial score (nSPS) is 10.9. The van der Waals surface area contributed by atoms with Crippen LogP contribution in [0.3, 0.4) is 0 Å². The number of aromatic carboxylic acids is 1. The van der Waals surface area contributed by atoms with Crippen LogP contribution in [0.25, 0.3) is 22.2 Å². The van der Waals surface area contributed by atoms with Gasteiger partial charge in [-0.15, -0.1) is 0 Å². The first-order valence-electron chi connectivity index (χ1n) is 6.56. The number of carboxylic acids is 1. The van der Waals surface area contributed by atoms with Gasteiger partial charge < -0.3 is 5.11 Å². The molecule has 1 aromatic heterocycles. The van der Waals surface area contributed by atoms with Gasteiger partial charge in [-0.3, -0.25) is 0 Å². The van der Waals surface area contributed by atoms with E-state index >= 15 is 0 Å². The highest BCUT2D eigenvalue weighted by molar-refractivity contribution is 6.38. The van der Waals surface area contributed by atoms with E-state index in [9.17, 15) is 9.90 Å². The van der Waals surface area contributed by atoms with Crippen LogP contribution < -0.4 is 0 Å². The van der Waals surface area contributed by atoms with Gasteiger partial charge in [0.1, 0.15) is 0 Å². The number of carbonyl (C=O) groups is 1. The first kappa shape index (κ1) is 14.8. The second kappa shape index (κ2) is 5.59. The maximum atomic E-state index is 11.6. The van der Waals surface area contributed by atoms with E-state index in [4.69, 9.17) is 23.2 Å². The van der Waals surface area contributed by atoms with Crippen LogP contribution in [-0.2, 0) is 0 Å². The second-order valence-corrected chi connectivity index (χ2v) is 5.85. The van der Waals surface area contributed by atoms with E-state index in [2.05, 4.69) is 4.98 Å². The van der Waals surface area contributed by atoms with Crippen LogP contribution in [0.4, 0.5) is 0 Å². The second-order valence-electron chi connectivity index (χ2n) is 5.01. The minimum absolute atomic E-state index is 0.130. The highest BCUT2D eigenvalue weighted by Crippen LogP contribution is 2.32. The fourth-order valence-corrected chi connectivity index (χ4v) is 2.84. The zero-order valence-electron chi connectivity index (χ0n) is 11.6. The highest BCUT2D eigenvalue weighted by Gasteiger charge is 2.15. The smallest absolute Gasteiger partial charge is 0.336 e. The molecule has 1 N–H and O–H groups in total. The molecule has 0 saturated heterocycles. The maximum Gasteiger partial charge on any atom is 0.336 e. The van der Waals surface area contributed by atoms with Crippen LogP contribution in [0.15, 0.2) is 42.5 Å². The number of rotatable bonds is 2. The van der Waals surface area contributed by atoms with Crippen molar-refractivity contribution in [2.75, 3.05) is 0 Å². The van der Waals surface area contributed by atoms with Gasteiger partial charge in [0.2, 0.25) is 0 Å². The Bertz CT molecular complexity index is 889. The van der Waals surface area contributed by atoms with Crippen molar-refractivity contribution in [2.45, 2.75) is 6.92 Å². The lowest BCUT2D eigenvalue weighted by Crippen LogP contribution is -2.00. The van der Waals surface area contributed by atoms with E-state index in [0.717, 1.165) is 11.1 Å². The van der Waals surface area contributed by atoms with Crippen LogP contribution in [0, 0.1) is 6.92 Å². The van der Waals surface area contributed by atoms with Crippen LogP contribution in [-0.4, -0.2) is 16.1 Å². The van der Waals surface area contributed by atoms with Gasteiger partial charge in [-0.2, -0.15) is 0 Å². The topological polar surface area (TPSA) is 50.2 Å². The Morgan fingerprint density at radius 2 is 1.77 bits per heavy atom. The van der Waals surface area contributed by atoms with Crippen molar-refractivity contribution in [3.63, 3.8) is 0 Å². The zero-order chi connectivity index (χ0) is 15.9. The van der Waals surface area contributed by atoms with E-state index in [1.807, 2.05) is 31.2 Å². The Balaban J connectivity index is 2.34. The largest absolute Gasteiger partial charge is 0.478 e. The predicted octanol–water partition coefficient (Wildman–Crippen LogP) is 5.22. The molecule has 2 aromatic carbocycles. The zero-order valence-corrected chi connectivity index (χ0v) is 13.1. The molecule has 5 heteroatoms. The molecule has 110 valence electrons. The molecule has 0 aliphatic rings. The number of hydrogen-bond donors (Lipinski definition) is 1. The number of aromatic nitrogens is 1. The lowest BCUT2D eigenvalue weighted by Gasteiger charge is -2.09. The molecule has 0 saturated carbocycles. The Morgan fingerprint density at radius 1 is 1.09 bits per heavy atom. The molecule has 3 rings (SSSR count). The third-order valence-electron chi connectivity index (χ3n) is 3.41. The number of carboxylic acid groups (broad SMARTS) is 1. The Morgan fingerprint density at radius 3 is 2.41 bits per heavy atom. The fourth-order valence-electron chi connectivity index (χ4n) is 2.30. The third kappa shape index (κ3) is 2.65. The minimum Gasteiger partial charge on any atom is -0.478 e. The monoisotopic (exact) mass is 331 g/mol. The first-order chi connectivity index (χ1) is 10.5. The molecule has 0 aliphatic carbocycles. The summed E-state index contributed by atoms with van der Waals surface area (Å²) in [6, 6.07) is 12.4. The van der Waals surface area contributed by atoms with Crippen LogP contribution >= 0.6 is 23.2 Å². The number of benzene rings is 2. The van der Waals surface area contributed by atoms with Crippen molar-refractivity contribution >= 4 is 40.1 Å². The summed E-state index contributed by atoms with van der Waals surface area (Å²) in [6.45, 7) is 1.99. The van der Waals surface area contributed by atoms with E-state index < -0.39 is 5.97 Å². The summed E-state index contributed by atoms with van der Waals surface area (Å²) in [4.78, 5) is 16.1. The third-order valence-corrected chi connectivity index (χ3v) is 3.92. The van der Waals surface area contributed by atoms with Gasteiger partial charge in [-0.25, -0.2) is 9.78 Å². The molecule has 1 heterocycles. The molecule has 0 unspecified atom stereocenters. The fraction of sp³-hybridized carbons (Fsp3) is 0.0588. The van der Waals surface area contributed by atoms with E-state index in [-0.39, 0.29) is 5.56 Å². The van der Waals surface area contributed by atoms with Crippen molar-refractivity contribution in [3.8, 4) is 11.3 Å². The summed E-state index contributed by atoms with van der Waals surface area (Å²) in [7, 11) is 0. The molecule has 3 aromatic rings. The average molecular weight is 332 g/mol. The quantitative estimate of drug-likeness (QED) is 0.700. The summed E-state index contributed by atoms with van der Waals surface area (Å²) >= 11 is 12.2. The number of nitrogens with zero attached hydrogens (tertiary/aromatic N) is 1. The molecule has 0 radical (unpaired) electrons. The number of fused-ring (bicyclic) bond motifs is 1. The molecule has 3 nitrogen and oxygen atoms in total. The SMILES string of the molecule is Cc1ccc(-c2cc(C(=O)O)c3cc(Cl)cc(Cl)c3n2)cc1. The van der Waals surface area contributed by atoms with Crippen molar-refractivity contribution < 1.29 is 9.90 Å². The summed E-state index contributed by atoms with van der Waals surface area (Å²) < 4.78 is 0. The van der Waals surface area contributed by atoms with Gasteiger partial charge in [-0.05, 0) is 25.1 Å². The molecule has 0 amide bonds. The number of hydrogen-bond acceptors (Lipinski definition) is 2. The molecule has 0 atom stereocenters. The molecule has 0 spiro atoms. The average Bonchev–Trinajstić information content (AvgIpc) is 2.47. The first-order valence-corrected chi connectivity index (χ1v) is 7.31. The Kier molecular flexibility index (Phi) is 3.77. The van der Waals surface area contributed by atoms with E-state index in [1.165, 1.54) is 0 Å². The van der Waals surface area contributed by atoms with Gasteiger partial charge in [0, 0.05) is 16.0 Å². The van der Waals surface area contributed by atoms with Crippen molar-refractivity contribution in [1.82, 2.24) is 4.98 Å². The number of pyridine rings is 1. The predicted molar refractivity (Wildman–Crippen MR) is 88.9 cm³/mol. The molecule has 0 fully saturated rings. The van der Waals surface area contributed by atoms with Crippen LogP contribution in [0.2, 0.25) is 10.0 Å². The summed E-state index contributed by atoms with van der Waals surface area (Å²) in [5.74, 6) is -1.04. The lowest BCUT2D eigenvalue weighted by atomic mass is 10.0. The standard InChI is InChI=1S/C17H11Cl2NO2/c1-9-2-4-10(5-3-9)15-8-13(17(21)22)12-6-11(18)7-14(19)16(12)20-15/h2-8H,1H3,(H,21,22). The van der Waals surface area contributed by atoms with Crippen LogP contribution in [0.1, 0.15) is 15.9 Å². The van der Waals surface area contributed by atoms with Crippen LogP contribution in [0.5, 0.6) is 0 Å². The maximum absolute atomic E-state index is 11.6. The Labute approximate surface area is 137 Å². The number of halogens is 2. The Hall–Kier alpha value is -2.10. The van der Waals surface area contributed by atoms with Crippen molar-refractivity contribution in [1.29, 1.82) is 0 Å². The van der Waals surface area contributed by atoms with E-state index in [0.29, 0.717) is 26.6 Å². The van der Waals surface area contributed by atoms with Gasteiger partial charge >= 0.3 is 5.97 Å². The summed E-state index contributed by atoms with van der Waals surface area (Å²) in [5, 5.41) is 10.6. The van der Waals surface area contributed by atoms with Crippen molar-refractivity contribution in [2.24, 2.45) is 0 Å². The van der Waals surface area contributed by atoms with Gasteiger partial charge in [0.15, 0.2) is 0 Å².